The minimum atomic E-state index is -0.980. The summed E-state index contributed by atoms with van der Waals surface area (Å²) >= 11 is 5.00. The maximum absolute atomic E-state index is 13.8. The number of thiophene rings is 1. The number of pyridine rings is 1. The predicted molar refractivity (Wildman–Crippen MR) is 160 cm³/mol. The van der Waals surface area contributed by atoms with E-state index in [4.69, 9.17) is 14.2 Å². The standard InChI is InChI=1S/C29H31BrN4O5S/c1-15-10-11-19(37-9)16(2)21(15)33-22-20(24(30)32-18-12-13-40-23(18)22)17(14-31)25(33)34(26(35)38-28(3,4)5)27(36)39-29(6,7)8/h10-13H,1-9H3. The van der Waals surface area contributed by atoms with Gasteiger partial charge in [-0.2, -0.15) is 10.2 Å². The second kappa shape index (κ2) is 10.4. The lowest BCUT2D eigenvalue weighted by Crippen LogP contribution is -2.45. The summed E-state index contributed by atoms with van der Waals surface area (Å²) in [5.41, 5.74) is 1.70. The molecule has 3 aromatic heterocycles. The number of imide groups is 1. The molecule has 0 atom stereocenters. The van der Waals surface area contributed by atoms with Crippen molar-refractivity contribution in [2.24, 2.45) is 0 Å². The highest BCUT2D eigenvalue weighted by Gasteiger charge is 2.39. The lowest BCUT2D eigenvalue weighted by atomic mass is 10.1. The number of nitriles is 1. The van der Waals surface area contributed by atoms with Gasteiger partial charge >= 0.3 is 12.2 Å². The number of hydrogen-bond donors (Lipinski definition) is 0. The van der Waals surface area contributed by atoms with Crippen molar-refractivity contribution in [3.63, 3.8) is 0 Å². The van der Waals surface area contributed by atoms with Crippen LogP contribution in [0.25, 0.3) is 26.8 Å². The molecule has 11 heteroatoms. The van der Waals surface area contributed by atoms with Crippen molar-refractivity contribution in [1.82, 2.24) is 9.55 Å². The van der Waals surface area contributed by atoms with Crippen LogP contribution in [0.2, 0.25) is 0 Å². The Labute approximate surface area is 245 Å². The number of ether oxygens (including phenoxy) is 3. The van der Waals surface area contributed by atoms with Gasteiger partial charge in [-0.1, -0.05) is 6.07 Å². The Hall–Kier alpha value is -3.62. The summed E-state index contributed by atoms with van der Waals surface area (Å²) in [7, 11) is 1.57. The van der Waals surface area contributed by atoms with Crippen LogP contribution >= 0.6 is 27.3 Å². The second-order valence-corrected chi connectivity index (χ2v) is 12.9. The molecule has 3 heterocycles. The molecule has 0 aliphatic carbocycles. The summed E-state index contributed by atoms with van der Waals surface area (Å²) in [5, 5.41) is 12.9. The maximum atomic E-state index is 13.8. The van der Waals surface area contributed by atoms with Gasteiger partial charge in [0.1, 0.15) is 33.2 Å². The van der Waals surface area contributed by atoms with E-state index in [1.165, 1.54) is 11.3 Å². The normalized spacial score (nSPS) is 11.9. The number of aromatic nitrogens is 2. The van der Waals surface area contributed by atoms with Crippen molar-refractivity contribution in [2.75, 3.05) is 12.0 Å². The highest BCUT2D eigenvalue weighted by Crippen LogP contribution is 2.45. The molecule has 0 N–H and O–H groups in total. The number of fused-ring (bicyclic) bond motifs is 3. The lowest BCUT2D eigenvalue weighted by molar-refractivity contribution is 0.0428. The first-order chi connectivity index (χ1) is 18.6. The third-order valence-corrected chi connectivity index (χ3v) is 7.42. The van der Waals surface area contributed by atoms with E-state index < -0.39 is 23.4 Å². The quantitative estimate of drug-likeness (QED) is 0.211. The molecule has 0 bridgehead atoms. The van der Waals surface area contributed by atoms with Crippen LogP contribution in [0.4, 0.5) is 15.4 Å². The largest absolute Gasteiger partial charge is 0.496 e. The Morgan fingerprint density at radius 2 is 1.65 bits per heavy atom. The smallest absolute Gasteiger partial charge is 0.425 e. The van der Waals surface area contributed by atoms with Crippen LogP contribution in [-0.4, -0.2) is 40.0 Å². The van der Waals surface area contributed by atoms with Crippen molar-refractivity contribution in [3.8, 4) is 17.5 Å². The van der Waals surface area contributed by atoms with Crippen molar-refractivity contribution in [3.05, 3.63) is 44.9 Å². The van der Waals surface area contributed by atoms with Gasteiger partial charge in [-0.25, -0.2) is 14.6 Å². The lowest BCUT2D eigenvalue weighted by Gasteiger charge is -2.30. The minimum Gasteiger partial charge on any atom is -0.496 e. The predicted octanol–water partition coefficient (Wildman–Crippen LogP) is 8.18. The molecule has 2 amide bonds. The number of methoxy groups -OCH3 is 1. The number of hydrogen-bond acceptors (Lipinski definition) is 8. The summed E-state index contributed by atoms with van der Waals surface area (Å²) < 4.78 is 20.0. The van der Waals surface area contributed by atoms with Crippen LogP contribution < -0.4 is 9.64 Å². The molecular weight excluding hydrogens is 596 g/mol. The second-order valence-electron chi connectivity index (χ2n) is 11.3. The molecule has 0 fully saturated rings. The maximum Gasteiger partial charge on any atom is 0.425 e. The zero-order chi connectivity index (χ0) is 29.7. The van der Waals surface area contributed by atoms with Gasteiger partial charge in [0.15, 0.2) is 5.82 Å². The fourth-order valence-corrected chi connectivity index (χ4v) is 5.93. The van der Waals surface area contributed by atoms with E-state index in [9.17, 15) is 14.9 Å². The first-order valence-corrected chi connectivity index (χ1v) is 14.2. The fraction of sp³-hybridized carbons (Fsp3) is 0.379. The third-order valence-electron chi connectivity index (χ3n) is 5.93. The van der Waals surface area contributed by atoms with Gasteiger partial charge in [-0.3, -0.25) is 4.57 Å². The van der Waals surface area contributed by atoms with Crippen LogP contribution in [0.3, 0.4) is 0 Å². The molecule has 0 spiro atoms. The fourth-order valence-electron chi connectivity index (χ4n) is 4.49. The molecular formula is C29H31BrN4O5S. The molecule has 4 rings (SSSR count). The molecule has 0 aliphatic rings. The van der Waals surface area contributed by atoms with E-state index in [2.05, 4.69) is 27.0 Å². The minimum absolute atomic E-state index is 0.0103. The van der Waals surface area contributed by atoms with E-state index in [1.807, 2.05) is 37.4 Å². The number of carbonyl (C=O) groups excluding carboxylic acids is 2. The van der Waals surface area contributed by atoms with Crippen LogP contribution in [0.5, 0.6) is 5.75 Å². The average molecular weight is 628 g/mol. The Bertz CT molecular complexity index is 1670. The van der Waals surface area contributed by atoms with Crippen molar-refractivity contribution >= 4 is 66.4 Å². The van der Waals surface area contributed by atoms with Gasteiger partial charge in [0.25, 0.3) is 0 Å². The highest BCUT2D eigenvalue weighted by molar-refractivity contribution is 9.10. The van der Waals surface area contributed by atoms with Crippen LogP contribution in [0.15, 0.2) is 28.2 Å². The number of aryl methyl sites for hydroxylation is 1. The summed E-state index contributed by atoms with van der Waals surface area (Å²) in [6.45, 7) is 14.0. The van der Waals surface area contributed by atoms with Gasteiger partial charge < -0.3 is 14.2 Å². The van der Waals surface area contributed by atoms with Crippen molar-refractivity contribution < 1.29 is 23.8 Å². The number of halogens is 1. The van der Waals surface area contributed by atoms with Crippen molar-refractivity contribution in [2.45, 2.75) is 66.6 Å². The monoisotopic (exact) mass is 626 g/mol. The molecule has 0 radical (unpaired) electrons. The Morgan fingerprint density at radius 3 is 2.17 bits per heavy atom. The van der Waals surface area contributed by atoms with Gasteiger partial charge in [0.2, 0.25) is 0 Å². The number of rotatable bonds is 3. The van der Waals surface area contributed by atoms with Gasteiger partial charge in [-0.05, 0) is 94.4 Å². The number of carbonyl (C=O) groups is 2. The van der Waals surface area contributed by atoms with E-state index >= 15 is 0 Å². The number of amides is 2. The Balaban J connectivity index is 2.27. The summed E-state index contributed by atoms with van der Waals surface area (Å²) in [5.74, 6) is 0.590. The molecule has 0 unspecified atom stereocenters. The van der Waals surface area contributed by atoms with E-state index in [0.717, 1.165) is 20.7 Å². The van der Waals surface area contributed by atoms with Crippen LogP contribution in [-0.2, 0) is 9.47 Å². The molecule has 0 saturated carbocycles. The molecule has 0 saturated heterocycles. The average Bonchev–Trinajstić information content (AvgIpc) is 3.40. The summed E-state index contributed by atoms with van der Waals surface area (Å²) in [4.78, 5) is 33.1. The zero-order valence-electron chi connectivity index (χ0n) is 23.9. The molecule has 1 aromatic carbocycles. The van der Waals surface area contributed by atoms with E-state index in [1.54, 1.807) is 53.2 Å². The van der Waals surface area contributed by atoms with E-state index in [-0.39, 0.29) is 11.4 Å². The van der Waals surface area contributed by atoms with Crippen LogP contribution in [0, 0.1) is 25.2 Å². The molecule has 40 heavy (non-hydrogen) atoms. The summed E-state index contributed by atoms with van der Waals surface area (Å²) in [6.07, 6.45) is -1.96. The first-order valence-electron chi connectivity index (χ1n) is 12.5. The van der Waals surface area contributed by atoms with Crippen LogP contribution in [0.1, 0.15) is 58.2 Å². The van der Waals surface area contributed by atoms with Gasteiger partial charge in [-0.15, -0.1) is 11.3 Å². The Morgan fingerprint density at radius 1 is 1.05 bits per heavy atom. The SMILES string of the molecule is COc1ccc(C)c(-n2c(N(C(=O)OC(C)(C)C)C(=O)OC(C)(C)C)c(C#N)c3c(Br)nc4ccsc4c32)c1C. The van der Waals surface area contributed by atoms with Gasteiger partial charge in [0.05, 0.1) is 33.9 Å². The zero-order valence-corrected chi connectivity index (χ0v) is 26.3. The highest BCUT2D eigenvalue weighted by atomic mass is 79.9. The third kappa shape index (κ3) is 5.25. The summed E-state index contributed by atoms with van der Waals surface area (Å²) in [6, 6.07) is 7.84. The molecule has 9 nitrogen and oxygen atoms in total. The molecule has 0 aliphatic heterocycles. The molecule has 210 valence electrons. The molecule has 4 aromatic rings. The number of nitrogens with zero attached hydrogens (tertiary/aromatic N) is 4. The Kier molecular flexibility index (Phi) is 7.64. The van der Waals surface area contributed by atoms with Crippen molar-refractivity contribution in [1.29, 1.82) is 5.26 Å². The van der Waals surface area contributed by atoms with Gasteiger partial charge in [0, 0.05) is 5.56 Å². The van der Waals surface area contributed by atoms with E-state index in [0.29, 0.717) is 32.5 Å². The topological polar surface area (TPSA) is 107 Å². The number of benzene rings is 1. The first kappa shape index (κ1) is 29.4. The number of anilines is 1.